The van der Waals surface area contributed by atoms with E-state index in [0.717, 1.165) is 11.3 Å². The summed E-state index contributed by atoms with van der Waals surface area (Å²) in [4.78, 5) is 11.7. The Bertz CT molecular complexity index is 949. The SMILES string of the molecule is CC(=Cc1ccc(Nc2ccc(S(N)(=O)=O)cc2)cc1)C(=O)NC(=N)N. The van der Waals surface area contributed by atoms with Gasteiger partial charge < -0.3 is 11.1 Å². The van der Waals surface area contributed by atoms with Gasteiger partial charge in [-0.1, -0.05) is 12.1 Å². The summed E-state index contributed by atoms with van der Waals surface area (Å²) >= 11 is 0. The van der Waals surface area contributed by atoms with Crippen molar-refractivity contribution in [2.45, 2.75) is 11.8 Å². The van der Waals surface area contributed by atoms with Gasteiger partial charge >= 0.3 is 0 Å². The molecule has 7 N–H and O–H groups in total. The number of rotatable bonds is 5. The van der Waals surface area contributed by atoms with Crippen LogP contribution in [0.4, 0.5) is 11.4 Å². The number of amides is 1. The Labute approximate surface area is 151 Å². The van der Waals surface area contributed by atoms with Gasteiger partial charge in [-0.15, -0.1) is 0 Å². The molecule has 9 heteroatoms. The third-order valence-electron chi connectivity index (χ3n) is 3.37. The number of hydrogen-bond donors (Lipinski definition) is 5. The van der Waals surface area contributed by atoms with Crippen molar-refractivity contribution in [2.24, 2.45) is 10.9 Å². The zero-order valence-electron chi connectivity index (χ0n) is 14.0. The molecule has 2 aromatic rings. The molecule has 0 aliphatic rings. The molecule has 0 aliphatic heterocycles. The van der Waals surface area contributed by atoms with Crippen LogP contribution in [0.1, 0.15) is 12.5 Å². The first-order chi connectivity index (χ1) is 12.1. The first-order valence-corrected chi connectivity index (χ1v) is 9.03. The molecule has 26 heavy (non-hydrogen) atoms. The maximum absolute atomic E-state index is 11.7. The lowest BCUT2D eigenvalue weighted by atomic mass is 10.1. The molecule has 0 fully saturated rings. The summed E-state index contributed by atoms with van der Waals surface area (Å²) in [5, 5.41) is 17.5. The quantitative estimate of drug-likeness (QED) is 0.305. The van der Waals surface area contributed by atoms with Gasteiger partial charge in [0.2, 0.25) is 10.0 Å². The summed E-state index contributed by atoms with van der Waals surface area (Å²) in [6.07, 6.45) is 1.67. The van der Waals surface area contributed by atoms with Crippen LogP contribution in [0.15, 0.2) is 59.0 Å². The summed E-state index contributed by atoms with van der Waals surface area (Å²) < 4.78 is 22.5. The standard InChI is InChI=1S/C17H19N5O3S/c1-11(16(23)22-17(18)19)10-12-2-4-13(5-3-12)21-14-6-8-15(9-7-14)26(20,24)25/h2-10,21H,1H3,(H2,20,24,25)(H4,18,19,22,23). The predicted molar refractivity (Wildman–Crippen MR) is 101 cm³/mol. The number of sulfonamides is 1. The summed E-state index contributed by atoms with van der Waals surface area (Å²) in [5.41, 5.74) is 7.84. The van der Waals surface area contributed by atoms with Gasteiger partial charge in [0.15, 0.2) is 5.96 Å². The maximum Gasteiger partial charge on any atom is 0.253 e. The molecule has 0 spiro atoms. The predicted octanol–water partition coefficient (Wildman–Crippen LogP) is 1.49. The number of benzene rings is 2. The molecule has 0 aromatic heterocycles. The van der Waals surface area contributed by atoms with Crippen LogP contribution in [-0.4, -0.2) is 20.3 Å². The number of carbonyl (C=O) groups is 1. The minimum absolute atomic E-state index is 0.0443. The van der Waals surface area contributed by atoms with E-state index in [1.807, 2.05) is 24.3 Å². The van der Waals surface area contributed by atoms with Gasteiger partial charge in [-0.25, -0.2) is 13.6 Å². The number of nitrogens with one attached hydrogen (secondary N) is 3. The average molecular weight is 373 g/mol. The van der Waals surface area contributed by atoms with E-state index < -0.39 is 21.9 Å². The van der Waals surface area contributed by atoms with Crippen molar-refractivity contribution >= 4 is 39.3 Å². The number of primary sulfonamides is 1. The molecule has 2 aromatic carbocycles. The fraction of sp³-hybridized carbons (Fsp3) is 0.0588. The van der Waals surface area contributed by atoms with Crippen LogP contribution in [0.5, 0.6) is 0 Å². The van der Waals surface area contributed by atoms with Gasteiger partial charge in [-0.05, 0) is 55.0 Å². The van der Waals surface area contributed by atoms with Crippen molar-refractivity contribution in [2.75, 3.05) is 5.32 Å². The second-order valence-electron chi connectivity index (χ2n) is 5.51. The van der Waals surface area contributed by atoms with Crippen molar-refractivity contribution in [3.05, 3.63) is 59.7 Å². The molecule has 1 amide bonds. The fourth-order valence-corrected chi connectivity index (χ4v) is 2.61. The van der Waals surface area contributed by atoms with Crippen LogP contribution in [0, 0.1) is 5.41 Å². The highest BCUT2D eigenvalue weighted by Gasteiger charge is 2.07. The number of carbonyl (C=O) groups excluding carboxylic acids is 1. The van der Waals surface area contributed by atoms with Gasteiger partial charge in [0, 0.05) is 16.9 Å². The number of nitrogens with two attached hydrogens (primary N) is 2. The van der Waals surface area contributed by atoms with Gasteiger partial charge in [-0.3, -0.25) is 15.5 Å². The minimum atomic E-state index is -3.71. The molecule has 2 rings (SSSR count). The first kappa shape index (κ1) is 19.2. The molecule has 0 bridgehead atoms. The molecular weight excluding hydrogens is 354 g/mol. The second kappa shape index (κ2) is 7.81. The van der Waals surface area contributed by atoms with Gasteiger partial charge in [0.25, 0.3) is 5.91 Å². The van der Waals surface area contributed by atoms with E-state index in [1.54, 1.807) is 25.1 Å². The molecule has 0 heterocycles. The zero-order chi connectivity index (χ0) is 19.3. The van der Waals surface area contributed by atoms with Crippen LogP contribution in [0.2, 0.25) is 0 Å². The topological polar surface area (TPSA) is 151 Å². The monoisotopic (exact) mass is 373 g/mol. The van der Waals surface area contributed by atoms with Crippen LogP contribution in [0.3, 0.4) is 0 Å². The Hall–Kier alpha value is -3.17. The van der Waals surface area contributed by atoms with Gasteiger partial charge in [0.05, 0.1) is 4.90 Å². The Morgan fingerprint density at radius 1 is 1.04 bits per heavy atom. The van der Waals surface area contributed by atoms with Crippen molar-refractivity contribution in [3.63, 3.8) is 0 Å². The van der Waals surface area contributed by atoms with E-state index in [4.69, 9.17) is 16.3 Å². The highest BCUT2D eigenvalue weighted by atomic mass is 32.2. The summed E-state index contributed by atoms with van der Waals surface area (Å²) in [5.74, 6) is -0.842. The number of hydrogen-bond acceptors (Lipinski definition) is 5. The summed E-state index contributed by atoms with van der Waals surface area (Å²) in [7, 11) is -3.71. The lowest BCUT2D eigenvalue weighted by Crippen LogP contribution is -2.36. The molecule has 0 aliphatic carbocycles. The van der Waals surface area contributed by atoms with E-state index in [-0.39, 0.29) is 4.90 Å². The Balaban J connectivity index is 2.08. The first-order valence-electron chi connectivity index (χ1n) is 7.49. The Kier molecular flexibility index (Phi) is 5.75. The lowest BCUT2D eigenvalue weighted by molar-refractivity contribution is -0.116. The average Bonchev–Trinajstić information content (AvgIpc) is 2.55. The zero-order valence-corrected chi connectivity index (χ0v) is 14.8. The third-order valence-corrected chi connectivity index (χ3v) is 4.30. The minimum Gasteiger partial charge on any atom is -0.370 e. The highest BCUT2D eigenvalue weighted by Crippen LogP contribution is 2.19. The van der Waals surface area contributed by atoms with E-state index >= 15 is 0 Å². The van der Waals surface area contributed by atoms with Gasteiger partial charge in [-0.2, -0.15) is 0 Å². The molecule has 0 saturated carbocycles. The smallest absolute Gasteiger partial charge is 0.253 e. The van der Waals surface area contributed by atoms with Crippen LogP contribution in [0.25, 0.3) is 6.08 Å². The molecule has 8 nitrogen and oxygen atoms in total. The van der Waals surface area contributed by atoms with E-state index in [9.17, 15) is 13.2 Å². The molecule has 0 radical (unpaired) electrons. The van der Waals surface area contributed by atoms with Crippen molar-refractivity contribution in [3.8, 4) is 0 Å². The molecule has 136 valence electrons. The van der Waals surface area contributed by atoms with Crippen LogP contribution >= 0.6 is 0 Å². The van der Waals surface area contributed by atoms with Crippen molar-refractivity contribution in [1.82, 2.24) is 5.32 Å². The normalized spacial score (nSPS) is 11.7. The van der Waals surface area contributed by atoms with Crippen molar-refractivity contribution in [1.29, 1.82) is 5.41 Å². The van der Waals surface area contributed by atoms with Crippen LogP contribution < -0.4 is 21.5 Å². The number of guanidine groups is 1. The molecule has 0 atom stereocenters. The largest absolute Gasteiger partial charge is 0.370 e. The maximum atomic E-state index is 11.7. The number of anilines is 2. The van der Waals surface area contributed by atoms with E-state index in [2.05, 4.69) is 10.6 Å². The Morgan fingerprint density at radius 2 is 1.54 bits per heavy atom. The third kappa shape index (κ3) is 5.43. The highest BCUT2D eigenvalue weighted by molar-refractivity contribution is 7.89. The molecular formula is C17H19N5O3S. The van der Waals surface area contributed by atoms with Crippen LogP contribution in [-0.2, 0) is 14.8 Å². The lowest BCUT2D eigenvalue weighted by Gasteiger charge is -2.08. The second-order valence-corrected chi connectivity index (χ2v) is 7.07. The van der Waals surface area contributed by atoms with E-state index in [0.29, 0.717) is 11.3 Å². The van der Waals surface area contributed by atoms with Crippen molar-refractivity contribution < 1.29 is 13.2 Å². The molecule has 0 unspecified atom stereocenters. The molecule has 0 saturated heterocycles. The fourth-order valence-electron chi connectivity index (χ4n) is 2.09. The Morgan fingerprint density at radius 3 is 2.00 bits per heavy atom. The van der Waals surface area contributed by atoms with Gasteiger partial charge in [0.1, 0.15) is 0 Å². The van der Waals surface area contributed by atoms with E-state index in [1.165, 1.54) is 12.1 Å². The summed E-state index contributed by atoms with van der Waals surface area (Å²) in [6, 6.07) is 13.3. The summed E-state index contributed by atoms with van der Waals surface area (Å²) in [6.45, 7) is 1.62.